The summed E-state index contributed by atoms with van der Waals surface area (Å²) < 4.78 is 10.5. The molecule has 0 aliphatic carbocycles. The van der Waals surface area contributed by atoms with Crippen LogP contribution in [-0.4, -0.2) is 25.3 Å². The Labute approximate surface area is 119 Å². The smallest absolute Gasteiger partial charge is 0.0718 e. The Hall–Kier alpha value is -1.91. The number of nitrogens with zero attached hydrogens (tertiary/aromatic N) is 1. The Balaban J connectivity index is 1.83. The van der Waals surface area contributed by atoms with Crippen LogP contribution in [0.25, 0.3) is 0 Å². The number of hydrogen-bond acceptors (Lipinski definition) is 4. The van der Waals surface area contributed by atoms with Crippen molar-refractivity contribution >= 4 is 5.69 Å². The second-order valence-corrected chi connectivity index (χ2v) is 4.45. The van der Waals surface area contributed by atoms with E-state index in [1.54, 1.807) is 19.5 Å². The van der Waals surface area contributed by atoms with Gasteiger partial charge in [0.1, 0.15) is 0 Å². The van der Waals surface area contributed by atoms with E-state index in [1.807, 2.05) is 18.2 Å². The normalized spacial score (nSPS) is 10.4. The van der Waals surface area contributed by atoms with Gasteiger partial charge < -0.3 is 14.8 Å². The summed E-state index contributed by atoms with van der Waals surface area (Å²) in [6, 6.07) is 12.3. The van der Waals surface area contributed by atoms with E-state index < -0.39 is 0 Å². The zero-order valence-corrected chi connectivity index (χ0v) is 11.7. The minimum atomic E-state index is 0.605. The first-order chi connectivity index (χ1) is 9.88. The molecule has 0 aliphatic heterocycles. The predicted octanol–water partition coefficient (Wildman–Crippen LogP) is 2.86. The van der Waals surface area contributed by atoms with Crippen molar-refractivity contribution in [3.63, 3.8) is 0 Å². The molecular formula is C16H20N2O2. The van der Waals surface area contributed by atoms with Crippen molar-refractivity contribution in [1.82, 2.24) is 4.98 Å². The maximum atomic E-state index is 5.52. The fraction of sp³-hybridized carbons (Fsp3) is 0.312. The van der Waals surface area contributed by atoms with Gasteiger partial charge in [-0.25, -0.2) is 0 Å². The fourth-order valence-corrected chi connectivity index (χ4v) is 1.81. The number of aromatic nitrogens is 1. The van der Waals surface area contributed by atoms with E-state index >= 15 is 0 Å². The van der Waals surface area contributed by atoms with E-state index in [4.69, 9.17) is 9.47 Å². The zero-order valence-electron chi connectivity index (χ0n) is 11.7. The lowest BCUT2D eigenvalue weighted by molar-refractivity contribution is 0.0617. The van der Waals surface area contributed by atoms with E-state index in [-0.39, 0.29) is 0 Å². The number of nitrogens with one attached hydrogen (secondary N) is 1. The molecule has 0 saturated carbocycles. The lowest BCUT2D eigenvalue weighted by Crippen LogP contribution is -2.03. The average molecular weight is 272 g/mol. The maximum Gasteiger partial charge on any atom is 0.0718 e. The summed E-state index contributed by atoms with van der Waals surface area (Å²) in [5.41, 5.74) is 3.46. The summed E-state index contributed by atoms with van der Waals surface area (Å²) in [6.45, 7) is 2.63. The molecule has 0 unspecified atom stereocenters. The number of benzene rings is 1. The molecule has 1 aromatic carbocycles. The maximum absolute atomic E-state index is 5.52. The van der Waals surface area contributed by atoms with Crippen LogP contribution in [0.3, 0.4) is 0 Å². The highest BCUT2D eigenvalue weighted by Crippen LogP contribution is 2.13. The summed E-state index contributed by atoms with van der Waals surface area (Å²) in [5, 5.41) is 3.39. The third kappa shape index (κ3) is 4.99. The molecule has 20 heavy (non-hydrogen) atoms. The first-order valence-corrected chi connectivity index (χ1v) is 6.67. The van der Waals surface area contributed by atoms with Crippen molar-refractivity contribution in [3.05, 3.63) is 59.9 Å². The van der Waals surface area contributed by atoms with Gasteiger partial charge in [-0.2, -0.15) is 0 Å². The van der Waals surface area contributed by atoms with E-state index in [2.05, 4.69) is 28.5 Å². The molecule has 4 heteroatoms. The SMILES string of the molecule is COCCOCc1cccc(NCc2ccncc2)c1. The van der Waals surface area contributed by atoms with Crippen molar-refractivity contribution in [2.75, 3.05) is 25.6 Å². The van der Waals surface area contributed by atoms with E-state index in [0.29, 0.717) is 19.8 Å². The van der Waals surface area contributed by atoms with Crippen LogP contribution in [-0.2, 0) is 22.6 Å². The van der Waals surface area contributed by atoms with Crippen LogP contribution in [0.15, 0.2) is 48.8 Å². The van der Waals surface area contributed by atoms with Crippen LogP contribution in [0.5, 0.6) is 0 Å². The summed E-state index contributed by atoms with van der Waals surface area (Å²) in [4.78, 5) is 4.01. The van der Waals surface area contributed by atoms with Crippen molar-refractivity contribution < 1.29 is 9.47 Å². The standard InChI is InChI=1S/C16H20N2O2/c1-19-9-10-20-13-15-3-2-4-16(11-15)18-12-14-5-7-17-8-6-14/h2-8,11,18H,9-10,12-13H2,1H3. The Morgan fingerprint density at radius 2 is 1.90 bits per heavy atom. The molecule has 0 bridgehead atoms. The first-order valence-electron chi connectivity index (χ1n) is 6.67. The van der Waals surface area contributed by atoms with Gasteiger partial charge in [-0.3, -0.25) is 4.98 Å². The molecule has 106 valence electrons. The number of anilines is 1. The lowest BCUT2D eigenvalue weighted by Gasteiger charge is -2.09. The third-order valence-electron chi connectivity index (χ3n) is 2.87. The quantitative estimate of drug-likeness (QED) is 0.750. The lowest BCUT2D eigenvalue weighted by atomic mass is 10.2. The van der Waals surface area contributed by atoms with Crippen molar-refractivity contribution in [2.45, 2.75) is 13.2 Å². The van der Waals surface area contributed by atoms with Gasteiger partial charge in [0.25, 0.3) is 0 Å². The largest absolute Gasteiger partial charge is 0.382 e. The van der Waals surface area contributed by atoms with Gasteiger partial charge in [-0.15, -0.1) is 0 Å². The van der Waals surface area contributed by atoms with Gasteiger partial charge in [0.2, 0.25) is 0 Å². The summed E-state index contributed by atoms with van der Waals surface area (Å²) >= 11 is 0. The van der Waals surface area contributed by atoms with Crippen LogP contribution in [0.1, 0.15) is 11.1 Å². The van der Waals surface area contributed by atoms with Crippen molar-refractivity contribution in [2.24, 2.45) is 0 Å². The molecule has 1 heterocycles. The number of hydrogen-bond donors (Lipinski definition) is 1. The topological polar surface area (TPSA) is 43.4 Å². The molecule has 0 fully saturated rings. The van der Waals surface area contributed by atoms with Crippen molar-refractivity contribution in [3.8, 4) is 0 Å². The van der Waals surface area contributed by atoms with Crippen LogP contribution in [0, 0.1) is 0 Å². The molecule has 0 atom stereocenters. The van der Waals surface area contributed by atoms with Gasteiger partial charge in [0.15, 0.2) is 0 Å². The Morgan fingerprint density at radius 3 is 2.70 bits per heavy atom. The molecular weight excluding hydrogens is 252 g/mol. The monoisotopic (exact) mass is 272 g/mol. The molecule has 0 spiro atoms. The summed E-state index contributed by atoms with van der Waals surface area (Å²) in [5.74, 6) is 0. The average Bonchev–Trinajstić information content (AvgIpc) is 2.51. The van der Waals surface area contributed by atoms with E-state index in [9.17, 15) is 0 Å². The molecule has 0 radical (unpaired) electrons. The van der Waals surface area contributed by atoms with Crippen LogP contribution in [0.4, 0.5) is 5.69 Å². The van der Waals surface area contributed by atoms with Crippen LogP contribution < -0.4 is 5.32 Å². The molecule has 2 rings (SSSR count). The number of pyridine rings is 1. The Bertz CT molecular complexity index is 503. The minimum Gasteiger partial charge on any atom is -0.382 e. The highest BCUT2D eigenvalue weighted by Gasteiger charge is 1.97. The van der Waals surface area contributed by atoms with Gasteiger partial charge in [0.05, 0.1) is 19.8 Å². The van der Waals surface area contributed by atoms with Crippen molar-refractivity contribution in [1.29, 1.82) is 0 Å². The highest BCUT2D eigenvalue weighted by atomic mass is 16.5. The van der Waals surface area contributed by atoms with Gasteiger partial charge >= 0.3 is 0 Å². The Kier molecular flexibility index (Phi) is 6.02. The van der Waals surface area contributed by atoms with Gasteiger partial charge in [0, 0.05) is 31.7 Å². The second kappa shape index (κ2) is 8.30. The van der Waals surface area contributed by atoms with Gasteiger partial charge in [-0.1, -0.05) is 12.1 Å². The van der Waals surface area contributed by atoms with Gasteiger partial charge in [-0.05, 0) is 35.4 Å². The molecule has 1 aromatic heterocycles. The second-order valence-electron chi connectivity index (χ2n) is 4.45. The predicted molar refractivity (Wildman–Crippen MR) is 79.5 cm³/mol. The molecule has 1 N–H and O–H groups in total. The molecule has 0 amide bonds. The zero-order chi connectivity index (χ0) is 14.0. The number of methoxy groups -OCH3 is 1. The fourth-order valence-electron chi connectivity index (χ4n) is 1.81. The number of ether oxygens (including phenoxy) is 2. The van der Waals surface area contributed by atoms with Crippen LogP contribution >= 0.6 is 0 Å². The third-order valence-corrected chi connectivity index (χ3v) is 2.87. The molecule has 0 saturated heterocycles. The summed E-state index contributed by atoms with van der Waals surface area (Å²) in [6.07, 6.45) is 3.61. The molecule has 0 aliphatic rings. The van der Waals surface area contributed by atoms with Crippen LogP contribution in [0.2, 0.25) is 0 Å². The molecule has 2 aromatic rings. The van der Waals surface area contributed by atoms with E-state index in [1.165, 1.54) is 5.56 Å². The van der Waals surface area contributed by atoms with E-state index in [0.717, 1.165) is 17.8 Å². The first kappa shape index (κ1) is 14.5. The molecule has 4 nitrogen and oxygen atoms in total. The summed E-state index contributed by atoms with van der Waals surface area (Å²) in [7, 11) is 1.67. The Morgan fingerprint density at radius 1 is 1.05 bits per heavy atom. The minimum absolute atomic E-state index is 0.605. The highest BCUT2D eigenvalue weighted by molar-refractivity contribution is 5.46. The number of rotatable bonds is 8.